The Labute approximate surface area is 167 Å². The number of nitrogens with one attached hydrogen (secondary N) is 1. The average molecular weight is 386 g/mol. The highest BCUT2D eigenvalue weighted by molar-refractivity contribution is 6.24. The molecule has 0 unspecified atom stereocenters. The van der Waals surface area contributed by atoms with Crippen molar-refractivity contribution in [3.63, 3.8) is 0 Å². The van der Waals surface area contributed by atoms with Gasteiger partial charge in [-0.2, -0.15) is 0 Å². The molecular weight excluding hydrogens is 354 g/mol. The smallest absolute Gasteiger partial charge is 0.307 e. The molecule has 5 heteroatoms. The summed E-state index contributed by atoms with van der Waals surface area (Å²) in [5.41, 5.74) is 4.29. The quantitative estimate of drug-likeness (QED) is 0.782. The first kappa shape index (κ1) is 20.6. The van der Waals surface area contributed by atoms with E-state index < -0.39 is 5.54 Å². The molecule has 0 bridgehead atoms. The Morgan fingerprint density at radius 1 is 1.18 bits per heavy atom. The first-order chi connectivity index (χ1) is 13.3. The van der Waals surface area contributed by atoms with Crippen molar-refractivity contribution in [1.29, 1.82) is 0 Å². The number of ether oxygens (including phenoxy) is 2. The summed E-state index contributed by atoms with van der Waals surface area (Å²) < 4.78 is 11.3. The highest BCUT2D eigenvalue weighted by atomic mass is 16.5. The molecule has 1 saturated carbocycles. The van der Waals surface area contributed by atoms with E-state index in [1.54, 1.807) is 7.11 Å². The molecule has 1 aliphatic carbocycles. The number of esters is 1. The van der Waals surface area contributed by atoms with Gasteiger partial charge in [-0.25, -0.2) is 0 Å². The van der Waals surface area contributed by atoms with Crippen molar-refractivity contribution >= 4 is 17.4 Å². The van der Waals surface area contributed by atoms with E-state index in [4.69, 9.17) is 9.47 Å². The Hall–Kier alpha value is -2.14. The number of rotatable bonds is 5. The lowest BCUT2D eigenvalue weighted by atomic mass is 9.78. The molecule has 1 amide bonds. The van der Waals surface area contributed by atoms with E-state index in [1.807, 2.05) is 0 Å². The van der Waals surface area contributed by atoms with Crippen molar-refractivity contribution in [2.45, 2.75) is 77.9 Å². The summed E-state index contributed by atoms with van der Waals surface area (Å²) in [6, 6.07) is 4.26. The number of amides is 1. The Morgan fingerprint density at radius 3 is 2.21 bits per heavy atom. The number of carbonyl (C=O) groups excluding carboxylic acids is 2. The van der Waals surface area contributed by atoms with Crippen molar-refractivity contribution in [3.8, 4) is 0 Å². The summed E-state index contributed by atoms with van der Waals surface area (Å²) in [4.78, 5) is 25.2. The van der Waals surface area contributed by atoms with Gasteiger partial charge in [0.1, 0.15) is 5.76 Å². The minimum Gasteiger partial charge on any atom is -0.428 e. The van der Waals surface area contributed by atoms with Crippen molar-refractivity contribution < 1.29 is 19.1 Å². The molecule has 5 nitrogen and oxygen atoms in total. The molecule has 1 N–H and O–H groups in total. The van der Waals surface area contributed by atoms with E-state index in [0.29, 0.717) is 24.2 Å². The Morgan fingerprint density at radius 2 is 1.75 bits per heavy atom. The SMILES string of the molecule is CCc1cc(C)cc(CC)c1C1=C(OC(C)=O)C2(CCC(OC)CC2)NC1=O. The number of carbonyl (C=O) groups is 2. The van der Waals surface area contributed by atoms with Gasteiger partial charge in [-0.05, 0) is 62.1 Å². The average Bonchev–Trinajstić information content (AvgIpc) is 2.92. The summed E-state index contributed by atoms with van der Waals surface area (Å²) in [5, 5.41) is 3.19. The standard InChI is InChI=1S/C23H31NO4/c1-6-16-12-14(3)13-17(7-2)19(16)20-21(28-15(4)25)23(24-22(20)26)10-8-18(27-5)9-11-23/h12-13,18H,6-11H2,1-5H3,(H,24,26). The molecule has 1 aliphatic heterocycles. The summed E-state index contributed by atoms with van der Waals surface area (Å²) in [6.07, 6.45) is 4.87. The van der Waals surface area contributed by atoms with Gasteiger partial charge in [-0.3, -0.25) is 9.59 Å². The molecule has 2 aliphatic rings. The maximum Gasteiger partial charge on any atom is 0.307 e. The van der Waals surface area contributed by atoms with Crippen LogP contribution >= 0.6 is 0 Å². The first-order valence-electron chi connectivity index (χ1n) is 10.3. The molecule has 0 saturated heterocycles. The fraction of sp³-hybridized carbons (Fsp3) is 0.565. The molecule has 1 aromatic carbocycles. The van der Waals surface area contributed by atoms with E-state index in [-0.39, 0.29) is 18.0 Å². The van der Waals surface area contributed by atoms with E-state index in [2.05, 4.69) is 38.2 Å². The van der Waals surface area contributed by atoms with Gasteiger partial charge in [0.25, 0.3) is 5.91 Å². The van der Waals surface area contributed by atoms with E-state index in [0.717, 1.165) is 42.4 Å². The molecular formula is C23H31NO4. The molecule has 0 radical (unpaired) electrons. The molecule has 3 rings (SSSR count). The Kier molecular flexibility index (Phi) is 5.94. The molecule has 0 aromatic heterocycles. The van der Waals surface area contributed by atoms with Crippen LogP contribution in [-0.2, 0) is 31.9 Å². The van der Waals surface area contributed by atoms with Gasteiger partial charge >= 0.3 is 5.97 Å². The molecule has 1 spiro atoms. The van der Waals surface area contributed by atoms with Crippen molar-refractivity contribution in [3.05, 3.63) is 40.1 Å². The molecule has 1 fully saturated rings. The zero-order valence-electron chi connectivity index (χ0n) is 17.6. The predicted molar refractivity (Wildman–Crippen MR) is 109 cm³/mol. The summed E-state index contributed by atoms with van der Waals surface area (Å²) >= 11 is 0. The van der Waals surface area contributed by atoms with E-state index in [9.17, 15) is 9.59 Å². The van der Waals surface area contributed by atoms with E-state index in [1.165, 1.54) is 12.5 Å². The first-order valence-corrected chi connectivity index (χ1v) is 10.3. The van der Waals surface area contributed by atoms with Gasteiger partial charge in [0.15, 0.2) is 0 Å². The largest absolute Gasteiger partial charge is 0.428 e. The zero-order valence-corrected chi connectivity index (χ0v) is 17.6. The van der Waals surface area contributed by atoms with Crippen molar-refractivity contribution in [1.82, 2.24) is 5.32 Å². The van der Waals surface area contributed by atoms with Crippen LogP contribution in [0.1, 0.15) is 68.7 Å². The highest BCUT2D eigenvalue weighted by Crippen LogP contribution is 2.45. The fourth-order valence-corrected chi connectivity index (χ4v) is 4.69. The summed E-state index contributed by atoms with van der Waals surface area (Å²) in [6.45, 7) is 7.66. The van der Waals surface area contributed by atoms with Crippen LogP contribution in [0.3, 0.4) is 0 Å². The van der Waals surface area contributed by atoms with Crippen LogP contribution in [0.4, 0.5) is 0 Å². The van der Waals surface area contributed by atoms with Crippen LogP contribution in [-0.4, -0.2) is 30.6 Å². The van der Waals surface area contributed by atoms with Crippen molar-refractivity contribution in [2.24, 2.45) is 0 Å². The Bertz CT molecular complexity index is 791. The molecule has 0 atom stereocenters. The second kappa shape index (κ2) is 8.08. The Balaban J connectivity index is 2.20. The van der Waals surface area contributed by atoms with Gasteiger partial charge in [-0.15, -0.1) is 0 Å². The third-order valence-electron chi connectivity index (χ3n) is 6.06. The second-order valence-electron chi connectivity index (χ2n) is 7.93. The van der Waals surface area contributed by atoms with Gasteiger partial charge in [0, 0.05) is 14.0 Å². The predicted octanol–water partition coefficient (Wildman–Crippen LogP) is 3.85. The van der Waals surface area contributed by atoms with Crippen LogP contribution in [0.25, 0.3) is 5.57 Å². The minimum atomic E-state index is -0.617. The molecule has 152 valence electrons. The lowest BCUT2D eigenvalue weighted by Gasteiger charge is -2.37. The van der Waals surface area contributed by atoms with Crippen LogP contribution in [0.5, 0.6) is 0 Å². The third kappa shape index (κ3) is 3.60. The lowest BCUT2D eigenvalue weighted by Crippen LogP contribution is -2.49. The topological polar surface area (TPSA) is 64.6 Å². The van der Waals surface area contributed by atoms with Crippen LogP contribution in [0, 0.1) is 6.92 Å². The van der Waals surface area contributed by atoms with Gasteiger partial charge in [0.2, 0.25) is 0 Å². The number of benzene rings is 1. The van der Waals surface area contributed by atoms with Crippen LogP contribution in [0.15, 0.2) is 17.9 Å². The van der Waals surface area contributed by atoms with Gasteiger partial charge in [-0.1, -0.05) is 31.5 Å². The lowest BCUT2D eigenvalue weighted by molar-refractivity contribution is -0.138. The third-order valence-corrected chi connectivity index (χ3v) is 6.06. The zero-order chi connectivity index (χ0) is 20.5. The maximum absolute atomic E-state index is 13.2. The summed E-state index contributed by atoms with van der Waals surface area (Å²) in [7, 11) is 1.72. The number of aryl methyl sites for hydroxylation is 3. The minimum absolute atomic E-state index is 0.139. The summed E-state index contributed by atoms with van der Waals surface area (Å²) in [5.74, 6) is -0.0198. The maximum atomic E-state index is 13.2. The molecule has 28 heavy (non-hydrogen) atoms. The van der Waals surface area contributed by atoms with Gasteiger partial charge < -0.3 is 14.8 Å². The number of methoxy groups -OCH3 is 1. The van der Waals surface area contributed by atoms with Crippen LogP contribution in [0.2, 0.25) is 0 Å². The monoisotopic (exact) mass is 385 g/mol. The highest BCUT2D eigenvalue weighted by Gasteiger charge is 2.50. The fourth-order valence-electron chi connectivity index (χ4n) is 4.69. The van der Waals surface area contributed by atoms with Gasteiger partial charge in [0.05, 0.1) is 17.2 Å². The normalized spacial score (nSPS) is 24.6. The van der Waals surface area contributed by atoms with E-state index >= 15 is 0 Å². The molecule has 1 heterocycles. The molecule has 1 aromatic rings. The number of hydrogen-bond acceptors (Lipinski definition) is 4. The second-order valence-corrected chi connectivity index (χ2v) is 7.93. The van der Waals surface area contributed by atoms with Crippen LogP contribution < -0.4 is 5.32 Å². The van der Waals surface area contributed by atoms with Crippen molar-refractivity contribution in [2.75, 3.05) is 7.11 Å². The number of hydrogen-bond donors (Lipinski definition) is 1.